The van der Waals surface area contributed by atoms with Gasteiger partial charge >= 0.3 is 0 Å². The van der Waals surface area contributed by atoms with Gasteiger partial charge in [-0.25, -0.2) is 0 Å². The first-order valence-corrected chi connectivity index (χ1v) is 7.48. The number of likely N-dealkylation sites (N-methyl/N-ethyl adjacent to an activating group) is 1. The van der Waals surface area contributed by atoms with E-state index in [1.165, 1.54) is 10.4 Å². The Morgan fingerprint density at radius 2 is 2.06 bits per heavy atom. The molecule has 3 heteroatoms. The summed E-state index contributed by atoms with van der Waals surface area (Å²) in [5.41, 5.74) is 1.23. The van der Waals surface area contributed by atoms with E-state index >= 15 is 0 Å². The van der Waals surface area contributed by atoms with Gasteiger partial charge in [0.15, 0.2) is 0 Å². The predicted octanol–water partition coefficient (Wildman–Crippen LogP) is 4.16. The van der Waals surface area contributed by atoms with E-state index in [0.717, 1.165) is 24.3 Å². The fourth-order valence-electron chi connectivity index (χ4n) is 2.05. The van der Waals surface area contributed by atoms with Gasteiger partial charge in [0.1, 0.15) is 0 Å². The van der Waals surface area contributed by atoms with E-state index in [-0.39, 0.29) is 0 Å². The molecule has 0 aliphatic heterocycles. The molecule has 0 fully saturated rings. The van der Waals surface area contributed by atoms with Gasteiger partial charge in [-0.15, -0.1) is 11.3 Å². The molecule has 0 bridgehead atoms. The Labute approximate surface area is 118 Å². The number of aryl methyl sites for hydroxylation is 1. The van der Waals surface area contributed by atoms with Crippen LogP contribution >= 0.6 is 22.9 Å². The Morgan fingerprint density at radius 3 is 2.72 bits per heavy atom. The molecule has 1 aromatic heterocycles. The van der Waals surface area contributed by atoms with Crippen LogP contribution in [0.3, 0.4) is 0 Å². The summed E-state index contributed by atoms with van der Waals surface area (Å²) in [4.78, 5) is 1.45. The molecule has 0 aliphatic rings. The van der Waals surface area contributed by atoms with Gasteiger partial charge in [-0.2, -0.15) is 0 Å². The fraction of sp³-hybridized carbons (Fsp3) is 0.333. The second-order valence-corrected chi connectivity index (χ2v) is 5.84. The van der Waals surface area contributed by atoms with Crippen LogP contribution in [-0.2, 0) is 12.8 Å². The smallest absolute Gasteiger partial charge is 0.0438 e. The lowest BCUT2D eigenvalue weighted by Gasteiger charge is -2.16. The average molecular weight is 280 g/mol. The van der Waals surface area contributed by atoms with E-state index in [1.807, 2.05) is 36.6 Å². The van der Waals surface area contributed by atoms with Crippen molar-refractivity contribution < 1.29 is 0 Å². The van der Waals surface area contributed by atoms with E-state index in [2.05, 4.69) is 28.9 Å². The molecule has 1 unspecified atom stereocenters. The van der Waals surface area contributed by atoms with Gasteiger partial charge < -0.3 is 5.32 Å². The van der Waals surface area contributed by atoms with Crippen LogP contribution in [0, 0.1) is 0 Å². The summed E-state index contributed by atoms with van der Waals surface area (Å²) >= 11 is 8.03. The molecule has 0 radical (unpaired) electrons. The van der Waals surface area contributed by atoms with Crippen molar-refractivity contribution in [2.75, 3.05) is 7.05 Å². The SMILES string of the molecule is CNC(CCc1cccs1)Cc1ccccc1Cl. The highest BCUT2D eigenvalue weighted by Gasteiger charge is 2.10. The first kappa shape index (κ1) is 13.6. The second kappa shape index (κ2) is 6.93. The summed E-state index contributed by atoms with van der Waals surface area (Å²) in [6.07, 6.45) is 3.26. The van der Waals surface area contributed by atoms with Crippen LogP contribution in [0.5, 0.6) is 0 Å². The van der Waals surface area contributed by atoms with Crippen molar-refractivity contribution in [1.82, 2.24) is 5.32 Å². The van der Waals surface area contributed by atoms with Crippen LogP contribution < -0.4 is 5.32 Å². The molecule has 1 heterocycles. The number of rotatable bonds is 6. The highest BCUT2D eigenvalue weighted by molar-refractivity contribution is 7.09. The third-order valence-corrected chi connectivity index (χ3v) is 4.46. The van der Waals surface area contributed by atoms with Crippen LogP contribution in [0.25, 0.3) is 0 Å². The number of benzene rings is 1. The normalized spacial score (nSPS) is 12.6. The number of nitrogens with one attached hydrogen (secondary N) is 1. The van der Waals surface area contributed by atoms with Crippen molar-refractivity contribution in [3.63, 3.8) is 0 Å². The Bertz CT molecular complexity index is 467. The summed E-state index contributed by atoms with van der Waals surface area (Å²) in [5, 5.41) is 6.39. The predicted molar refractivity (Wildman–Crippen MR) is 80.6 cm³/mol. The number of hydrogen-bond acceptors (Lipinski definition) is 2. The lowest BCUT2D eigenvalue weighted by atomic mass is 10.0. The van der Waals surface area contributed by atoms with Crippen LogP contribution in [0.15, 0.2) is 41.8 Å². The Balaban J connectivity index is 1.91. The minimum Gasteiger partial charge on any atom is -0.317 e. The molecule has 1 N–H and O–H groups in total. The zero-order valence-corrected chi connectivity index (χ0v) is 12.1. The Morgan fingerprint density at radius 1 is 1.22 bits per heavy atom. The molecule has 96 valence electrons. The molecule has 1 atom stereocenters. The van der Waals surface area contributed by atoms with Gasteiger partial charge in [-0.1, -0.05) is 35.9 Å². The van der Waals surface area contributed by atoms with Crippen LogP contribution in [0.4, 0.5) is 0 Å². The first-order chi connectivity index (χ1) is 8.79. The molecule has 2 rings (SSSR count). The number of hydrogen-bond donors (Lipinski definition) is 1. The van der Waals surface area contributed by atoms with Crippen LogP contribution in [-0.4, -0.2) is 13.1 Å². The van der Waals surface area contributed by atoms with Gasteiger partial charge in [0.25, 0.3) is 0 Å². The fourth-order valence-corrected chi connectivity index (χ4v) is 2.99. The molecule has 1 nitrogen and oxygen atoms in total. The van der Waals surface area contributed by atoms with E-state index in [4.69, 9.17) is 11.6 Å². The minimum absolute atomic E-state index is 0.479. The molecule has 1 aromatic carbocycles. The molecule has 18 heavy (non-hydrogen) atoms. The Kier molecular flexibility index (Phi) is 5.24. The van der Waals surface area contributed by atoms with Crippen molar-refractivity contribution in [2.45, 2.75) is 25.3 Å². The highest BCUT2D eigenvalue weighted by Crippen LogP contribution is 2.19. The summed E-state index contributed by atoms with van der Waals surface area (Å²) in [6, 6.07) is 12.9. The third kappa shape index (κ3) is 3.84. The third-order valence-electron chi connectivity index (χ3n) is 3.15. The molecule has 0 saturated heterocycles. The molecule has 2 aromatic rings. The quantitative estimate of drug-likeness (QED) is 0.837. The summed E-state index contributed by atoms with van der Waals surface area (Å²) in [7, 11) is 2.02. The lowest BCUT2D eigenvalue weighted by Crippen LogP contribution is -2.28. The molecule has 0 aliphatic carbocycles. The summed E-state index contributed by atoms with van der Waals surface area (Å²) in [5.74, 6) is 0. The molecule has 0 spiro atoms. The molecular weight excluding hydrogens is 262 g/mol. The van der Waals surface area contributed by atoms with Crippen molar-refractivity contribution in [1.29, 1.82) is 0 Å². The van der Waals surface area contributed by atoms with E-state index < -0.39 is 0 Å². The number of halogens is 1. The van der Waals surface area contributed by atoms with Crippen LogP contribution in [0.2, 0.25) is 5.02 Å². The molecule has 0 amide bonds. The molecular formula is C15H18ClNS. The van der Waals surface area contributed by atoms with Crippen LogP contribution in [0.1, 0.15) is 16.9 Å². The van der Waals surface area contributed by atoms with Crippen molar-refractivity contribution in [3.05, 3.63) is 57.2 Å². The number of thiophene rings is 1. The maximum absolute atomic E-state index is 6.20. The maximum atomic E-state index is 6.20. The van der Waals surface area contributed by atoms with Gasteiger partial charge in [0.05, 0.1) is 0 Å². The monoisotopic (exact) mass is 279 g/mol. The van der Waals surface area contributed by atoms with E-state index in [0.29, 0.717) is 6.04 Å². The van der Waals surface area contributed by atoms with Gasteiger partial charge in [-0.05, 0) is 49.4 Å². The van der Waals surface area contributed by atoms with Crippen molar-refractivity contribution in [2.24, 2.45) is 0 Å². The standard InChI is InChI=1S/C15H18ClNS/c1-17-13(8-9-14-6-4-10-18-14)11-12-5-2-3-7-15(12)16/h2-7,10,13,17H,8-9,11H2,1H3. The van der Waals surface area contributed by atoms with E-state index in [9.17, 15) is 0 Å². The average Bonchev–Trinajstić information content (AvgIpc) is 2.90. The van der Waals surface area contributed by atoms with Gasteiger partial charge in [0, 0.05) is 15.9 Å². The second-order valence-electron chi connectivity index (χ2n) is 4.40. The van der Waals surface area contributed by atoms with E-state index in [1.54, 1.807) is 0 Å². The lowest BCUT2D eigenvalue weighted by molar-refractivity contribution is 0.522. The topological polar surface area (TPSA) is 12.0 Å². The maximum Gasteiger partial charge on any atom is 0.0438 e. The van der Waals surface area contributed by atoms with Crippen molar-refractivity contribution in [3.8, 4) is 0 Å². The summed E-state index contributed by atoms with van der Waals surface area (Å²) < 4.78 is 0. The summed E-state index contributed by atoms with van der Waals surface area (Å²) in [6.45, 7) is 0. The van der Waals surface area contributed by atoms with Gasteiger partial charge in [0.2, 0.25) is 0 Å². The molecule has 0 saturated carbocycles. The van der Waals surface area contributed by atoms with Crippen molar-refractivity contribution >= 4 is 22.9 Å². The first-order valence-electron chi connectivity index (χ1n) is 6.22. The minimum atomic E-state index is 0.479. The highest BCUT2D eigenvalue weighted by atomic mass is 35.5. The Hall–Kier alpha value is -0.830. The largest absolute Gasteiger partial charge is 0.317 e. The zero-order chi connectivity index (χ0) is 12.8. The van der Waals surface area contributed by atoms with Gasteiger partial charge in [-0.3, -0.25) is 0 Å². The zero-order valence-electron chi connectivity index (χ0n) is 10.5.